The second-order valence-corrected chi connectivity index (χ2v) is 12.8. The summed E-state index contributed by atoms with van der Waals surface area (Å²) < 4.78 is 6.08. The number of fused-ring (bicyclic) bond motifs is 3. The minimum absolute atomic E-state index is 0.0144. The van der Waals surface area contributed by atoms with Gasteiger partial charge in [0.2, 0.25) is 0 Å². The molecule has 3 saturated carbocycles. The van der Waals surface area contributed by atoms with Crippen molar-refractivity contribution in [2.75, 3.05) is 6.61 Å². The number of ketones is 1. The van der Waals surface area contributed by atoms with Crippen LogP contribution in [-0.2, 0) is 14.3 Å². The zero-order valence-corrected chi connectivity index (χ0v) is 21.1. The Morgan fingerprint density at radius 3 is 2.44 bits per heavy atom. The van der Waals surface area contributed by atoms with Gasteiger partial charge in [0, 0.05) is 5.92 Å². The molecule has 0 aliphatic heterocycles. The average Bonchev–Trinajstić information content (AvgIpc) is 3.28. The highest BCUT2D eigenvalue weighted by atomic mass is 16.6. The first kappa shape index (κ1) is 24.2. The topological polar surface area (TPSA) is 104 Å². The van der Waals surface area contributed by atoms with Gasteiger partial charge in [-0.1, -0.05) is 52.2 Å². The summed E-state index contributed by atoms with van der Waals surface area (Å²) >= 11 is 0. The van der Waals surface area contributed by atoms with Crippen LogP contribution in [0.1, 0.15) is 73.1 Å². The predicted octanol–water partition coefficient (Wildman–Crippen LogP) is 3.34. The number of carbonyl (C=O) groups is 2. The van der Waals surface area contributed by atoms with Crippen molar-refractivity contribution in [3.63, 3.8) is 0 Å². The predicted molar refractivity (Wildman–Crippen MR) is 126 cm³/mol. The SMILES string of the molecule is CC1=C[C@]23C(=O)[C@@H](C=C(CO)[C@@H](O)[C@]2(O)[C@H]1OC(=O)C1(C)CCCCC1)[C@H]1[C@@H](C[C@H]3C)C1(C)C. The van der Waals surface area contributed by atoms with Crippen LogP contribution in [0.2, 0.25) is 0 Å². The Morgan fingerprint density at radius 2 is 1.82 bits per heavy atom. The fourth-order valence-corrected chi connectivity index (χ4v) is 8.38. The van der Waals surface area contributed by atoms with E-state index in [4.69, 9.17) is 4.74 Å². The lowest BCUT2D eigenvalue weighted by Gasteiger charge is -2.49. The van der Waals surface area contributed by atoms with E-state index in [1.165, 1.54) is 0 Å². The number of allylic oxidation sites excluding steroid dienone is 1. The number of ether oxygens (including phenoxy) is 1. The molecule has 34 heavy (non-hydrogen) atoms. The zero-order chi connectivity index (χ0) is 24.8. The van der Waals surface area contributed by atoms with E-state index in [1.54, 1.807) is 19.1 Å². The van der Waals surface area contributed by atoms with Gasteiger partial charge in [-0.2, -0.15) is 0 Å². The molecule has 0 unspecified atom stereocenters. The number of esters is 1. The van der Waals surface area contributed by atoms with Crippen LogP contribution < -0.4 is 0 Å². The average molecular weight is 473 g/mol. The Labute approximate surface area is 202 Å². The smallest absolute Gasteiger partial charge is 0.312 e. The van der Waals surface area contributed by atoms with Crippen LogP contribution in [0.15, 0.2) is 23.3 Å². The lowest BCUT2D eigenvalue weighted by molar-refractivity contribution is -0.208. The van der Waals surface area contributed by atoms with Crippen LogP contribution in [0, 0.1) is 39.9 Å². The maximum Gasteiger partial charge on any atom is 0.312 e. The van der Waals surface area contributed by atoms with Gasteiger partial charge in [-0.15, -0.1) is 0 Å². The van der Waals surface area contributed by atoms with Gasteiger partial charge in [-0.25, -0.2) is 0 Å². The van der Waals surface area contributed by atoms with Crippen LogP contribution in [0.5, 0.6) is 0 Å². The van der Waals surface area contributed by atoms with Gasteiger partial charge >= 0.3 is 5.97 Å². The first-order valence-corrected chi connectivity index (χ1v) is 13.0. The number of carbonyl (C=O) groups excluding carboxylic acids is 2. The Kier molecular flexibility index (Phi) is 5.34. The van der Waals surface area contributed by atoms with Crippen molar-refractivity contribution in [3.8, 4) is 0 Å². The molecule has 8 atom stereocenters. The molecular formula is C28H40O6. The minimum atomic E-state index is -2.06. The second kappa shape index (κ2) is 7.50. The molecule has 0 amide bonds. The summed E-state index contributed by atoms with van der Waals surface area (Å²) in [5.74, 6) is -0.822. The van der Waals surface area contributed by atoms with Gasteiger partial charge in [-0.3, -0.25) is 9.59 Å². The molecule has 0 radical (unpaired) electrons. The second-order valence-electron chi connectivity index (χ2n) is 12.8. The van der Waals surface area contributed by atoms with Gasteiger partial charge in [0.1, 0.15) is 6.10 Å². The van der Waals surface area contributed by atoms with E-state index in [2.05, 4.69) is 13.8 Å². The maximum absolute atomic E-state index is 14.4. The van der Waals surface area contributed by atoms with E-state index >= 15 is 0 Å². The minimum Gasteiger partial charge on any atom is -0.454 e. The zero-order valence-electron chi connectivity index (χ0n) is 21.1. The highest BCUT2D eigenvalue weighted by Gasteiger charge is 2.76. The molecule has 5 aliphatic carbocycles. The third-order valence-electron chi connectivity index (χ3n) is 10.6. The molecule has 0 aromatic carbocycles. The standard InChI is InChI=1S/C28H40O6/c1-15-13-27-16(2)11-19-20(25(19,3)4)18(22(27)31)12-17(14-29)21(30)28(27,33)23(15)34-24(32)26(5)9-7-6-8-10-26/h12-13,16,18-21,23,29-30,33H,6-11,14H2,1-5H3/t16-,18+,19-,20+,21-,23+,27+,28+/m1/s1. The molecule has 0 aromatic heterocycles. The van der Waals surface area contributed by atoms with E-state index in [-0.39, 0.29) is 34.6 Å². The Hall–Kier alpha value is -1.50. The molecule has 6 nitrogen and oxygen atoms in total. The molecule has 5 rings (SSSR count). The molecule has 188 valence electrons. The molecule has 3 N–H and O–H groups in total. The summed E-state index contributed by atoms with van der Waals surface area (Å²) in [4.78, 5) is 27.8. The van der Waals surface area contributed by atoms with Crippen molar-refractivity contribution in [2.24, 2.45) is 39.9 Å². The van der Waals surface area contributed by atoms with Crippen LogP contribution in [-0.4, -0.2) is 51.5 Å². The van der Waals surface area contributed by atoms with Crippen molar-refractivity contribution < 1.29 is 29.6 Å². The van der Waals surface area contributed by atoms with Gasteiger partial charge in [0.25, 0.3) is 0 Å². The van der Waals surface area contributed by atoms with Crippen molar-refractivity contribution >= 4 is 11.8 Å². The summed E-state index contributed by atoms with van der Waals surface area (Å²) in [6, 6.07) is 0. The van der Waals surface area contributed by atoms with Crippen molar-refractivity contribution in [3.05, 3.63) is 23.3 Å². The monoisotopic (exact) mass is 472 g/mol. The highest BCUT2D eigenvalue weighted by Crippen LogP contribution is 2.71. The Bertz CT molecular complexity index is 971. The molecule has 5 aliphatic rings. The quantitative estimate of drug-likeness (QED) is 0.430. The maximum atomic E-state index is 14.4. The molecule has 3 fully saturated rings. The Balaban J connectivity index is 1.61. The molecule has 0 aromatic rings. The van der Waals surface area contributed by atoms with E-state index in [9.17, 15) is 24.9 Å². The molecule has 0 saturated heterocycles. The highest BCUT2D eigenvalue weighted by molar-refractivity contribution is 5.95. The fraction of sp³-hybridized carbons (Fsp3) is 0.786. The van der Waals surface area contributed by atoms with Crippen LogP contribution >= 0.6 is 0 Å². The molecular weight excluding hydrogens is 432 g/mol. The first-order valence-electron chi connectivity index (χ1n) is 13.0. The van der Waals surface area contributed by atoms with E-state index in [1.807, 2.05) is 13.8 Å². The Morgan fingerprint density at radius 1 is 1.18 bits per heavy atom. The van der Waals surface area contributed by atoms with Crippen molar-refractivity contribution in [1.82, 2.24) is 0 Å². The van der Waals surface area contributed by atoms with Crippen LogP contribution in [0.4, 0.5) is 0 Å². The number of aliphatic hydroxyl groups is 3. The normalized spacial score (nSPS) is 46.3. The lowest BCUT2D eigenvalue weighted by atomic mass is 9.59. The third kappa shape index (κ3) is 2.85. The van der Waals surface area contributed by atoms with E-state index in [0.29, 0.717) is 11.5 Å². The van der Waals surface area contributed by atoms with Crippen molar-refractivity contribution in [2.45, 2.75) is 91.0 Å². The van der Waals surface area contributed by atoms with Gasteiger partial charge in [0.15, 0.2) is 17.5 Å². The largest absolute Gasteiger partial charge is 0.454 e. The van der Waals surface area contributed by atoms with Gasteiger partial charge in [0.05, 0.1) is 17.4 Å². The number of rotatable bonds is 3. The third-order valence-corrected chi connectivity index (χ3v) is 10.6. The number of Topliss-reactive ketones (excluding diaryl/α,β-unsaturated/α-hetero) is 1. The lowest BCUT2D eigenvalue weighted by Crippen LogP contribution is -2.66. The van der Waals surface area contributed by atoms with Crippen molar-refractivity contribution in [1.29, 1.82) is 0 Å². The molecule has 0 heterocycles. The summed E-state index contributed by atoms with van der Waals surface area (Å²) in [7, 11) is 0. The first-order chi connectivity index (χ1) is 15.9. The molecule has 6 heteroatoms. The number of aliphatic hydroxyl groups excluding tert-OH is 2. The fourth-order valence-electron chi connectivity index (χ4n) is 8.38. The number of hydrogen-bond donors (Lipinski definition) is 3. The van der Waals surface area contributed by atoms with Crippen LogP contribution in [0.25, 0.3) is 0 Å². The summed E-state index contributed by atoms with van der Waals surface area (Å²) in [5.41, 5.74) is -3.24. The van der Waals surface area contributed by atoms with E-state index < -0.39 is 41.2 Å². The summed E-state index contributed by atoms with van der Waals surface area (Å²) in [6.45, 7) is 9.55. The van der Waals surface area contributed by atoms with Crippen LogP contribution in [0.3, 0.4) is 0 Å². The summed E-state index contributed by atoms with van der Waals surface area (Å²) in [5, 5.41) is 34.3. The van der Waals surface area contributed by atoms with Gasteiger partial charge in [-0.05, 0) is 67.4 Å². The summed E-state index contributed by atoms with van der Waals surface area (Å²) in [6.07, 6.45) is 6.05. The van der Waals surface area contributed by atoms with E-state index in [0.717, 1.165) is 38.5 Å². The van der Waals surface area contributed by atoms with Gasteiger partial charge < -0.3 is 20.1 Å². The number of hydrogen-bond acceptors (Lipinski definition) is 6. The molecule has 1 spiro atoms. The molecule has 2 bridgehead atoms.